The van der Waals surface area contributed by atoms with Crippen LogP contribution in [0.2, 0.25) is 0 Å². The Morgan fingerprint density at radius 3 is 2.60 bits per heavy atom. The summed E-state index contributed by atoms with van der Waals surface area (Å²) in [6.45, 7) is 6.22. The van der Waals surface area contributed by atoms with E-state index in [1.807, 2.05) is 56.3 Å². The smallest absolute Gasteiger partial charge is 0.254 e. The number of amides is 2. The fourth-order valence-corrected chi connectivity index (χ4v) is 3.32. The summed E-state index contributed by atoms with van der Waals surface area (Å²) in [6.07, 6.45) is 0. The SMILES string of the molecule is CC(=O)N[C@H]1C(=O)N(CCOc2ccccc2)c2c(C)cc(C)cc21. The van der Waals surface area contributed by atoms with Crippen molar-refractivity contribution < 1.29 is 14.3 Å². The van der Waals surface area contributed by atoms with E-state index >= 15 is 0 Å². The number of rotatable bonds is 5. The van der Waals surface area contributed by atoms with E-state index < -0.39 is 6.04 Å². The Morgan fingerprint density at radius 2 is 1.92 bits per heavy atom. The molecule has 1 heterocycles. The van der Waals surface area contributed by atoms with Gasteiger partial charge in [0.1, 0.15) is 18.4 Å². The van der Waals surface area contributed by atoms with Gasteiger partial charge in [-0.15, -0.1) is 0 Å². The Labute approximate surface area is 147 Å². The lowest BCUT2D eigenvalue weighted by Gasteiger charge is -2.20. The van der Waals surface area contributed by atoms with Crippen LogP contribution in [0.25, 0.3) is 0 Å². The van der Waals surface area contributed by atoms with Gasteiger partial charge in [-0.3, -0.25) is 9.59 Å². The molecule has 130 valence electrons. The van der Waals surface area contributed by atoms with E-state index in [1.165, 1.54) is 6.92 Å². The van der Waals surface area contributed by atoms with Crippen molar-refractivity contribution in [1.82, 2.24) is 5.32 Å². The lowest BCUT2D eigenvalue weighted by Crippen LogP contribution is -2.38. The minimum absolute atomic E-state index is 0.115. The van der Waals surface area contributed by atoms with Gasteiger partial charge in [-0.1, -0.05) is 35.9 Å². The topological polar surface area (TPSA) is 58.6 Å². The van der Waals surface area contributed by atoms with Crippen molar-refractivity contribution in [2.45, 2.75) is 26.8 Å². The van der Waals surface area contributed by atoms with E-state index in [0.717, 1.165) is 28.1 Å². The highest BCUT2D eigenvalue weighted by Crippen LogP contribution is 2.39. The maximum atomic E-state index is 12.9. The van der Waals surface area contributed by atoms with Gasteiger partial charge < -0.3 is 15.0 Å². The number of ether oxygens (including phenoxy) is 1. The first-order valence-electron chi connectivity index (χ1n) is 8.35. The molecule has 5 heteroatoms. The molecule has 1 aliphatic rings. The molecule has 3 rings (SSSR count). The number of hydrogen-bond acceptors (Lipinski definition) is 3. The molecule has 0 saturated carbocycles. The number of para-hydroxylation sites is 1. The average Bonchev–Trinajstić information content (AvgIpc) is 2.81. The Kier molecular flexibility index (Phi) is 4.74. The highest BCUT2D eigenvalue weighted by molar-refractivity contribution is 6.07. The second-order valence-electron chi connectivity index (χ2n) is 6.30. The fourth-order valence-electron chi connectivity index (χ4n) is 3.32. The van der Waals surface area contributed by atoms with Crippen molar-refractivity contribution in [3.8, 4) is 5.75 Å². The van der Waals surface area contributed by atoms with Crippen LogP contribution in [0.4, 0.5) is 5.69 Å². The van der Waals surface area contributed by atoms with E-state index in [9.17, 15) is 9.59 Å². The van der Waals surface area contributed by atoms with Crippen LogP contribution in [-0.2, 0) is 9.59 Å². The van der Waals surface area contributed by atoms with E-state index in [2.05, 4.69) is 5.32 Å². The third-order valence-electron chi connectivity index (χ3n) is 4.24. The van der Waals surface area contributed by atoms with Gasteiger partial charge in [-0.2, -0.15) is 0 Å². The number of nitrogens with one attached hydrogen (secondary N) is 1. The van der Waals surface area contributed by atoms with Crippen molar-refractivity contribution >= 4 is 17.5 Å². The molecule has 0 saturated heterocycles. The summed E-state index contributed by atoms with van der Waals surface area (Å²) in [5, 5.41) is 2.77. The van der Waals surface area contributed by atoms with E-state index in [0.29, 0.717) is 13.2 Å². The first-order valence-corrected chi connectivity index (χ1v) is 8.35. The van der Waals surface area contributed by atoms with Gasteiger partial charge >= 0.3 is 0 Å². The van der Waals surface area contributed by atoms with Crippen LogP contribution in [0.5, 0.6) is 5.75 Å². The van der Waals surface area contributed by atoms with Gasteiger partial charge in [0.2, 0.25) is 5.91 Å². The summed E-state index contributed by atoms with van der Waals surface area (Å²) in [4.78, 5) is 26.1. The number of carbonyl (C=O) groups is 2. The quantitative estimate of drug-likeness (QED) is 0.912. The molecule has 0 radical (unpaired) electrons. The van der Waals surface area contributed by atoms with Crippen LogP contribution < -0.4 is 15.0 Å². The van der Waals surface area contributed by atoms with E-state index in [-0.39, 0.29) is 11.8 Å². The highest BCUT2D eigenvalue weighted by Gasteiger charge is 2.38. The number of carbonyl (C=O) groups excluding carboxylic acids is 2. The predicted molar refractivity (Wildman–Crippen MR) is 96.8 cm³/mol. The van der Waals surface area contributed by atoms with Gasteiger partial charge in [0, 0.05) is 12.5 Å². The van der Waals surface area contributed by atoms with Crippen LogP contribution in [0.15, 0.2) is 42.5 Å². The summed E-state index contributed by atoms with van der Waals surface area (Å²) in [5.41, 5.74) is 3.83. The molecule has 0 fully saturated rings. The maximum Gasteiger partial charge on any atom is 0.254 e. The molecule has 1 N–H and O–H groups in total. The zero-order chi connectivity index (χ0) is 18.0. The van der Waals surface area contributed by atoms with Gasteiger partial charge in [0.25, 0.3) is 5.91 Å². The van der Waals surface area contributed by atoms with Gasteiger partial charge in [0.05, 0.1) is 12.2 Å². The second-order valence-corrected chi connectivity index (χ2v) is 6.30. The second kappa shape index (κ2) is 6.97. The summed E-state index contributed by atoms with van der Waals surface area (Å²) in [7, 11) is 0. The molecule has 1 atom stereocenters. The molecule has 0 aromatic heterocycles. The zero-order valence-corrected chi connectivity index (χ0v) is 14.7. The van der Waals surface area contributed by atoms with Crippen LogP contribution in [0.1, 0.15) is 29.7 Å². The predicted octanol–water partition coefficient (Wildman–Crippen LogP) is 2.91. The van der Waals surface area contributed by atoms with Gasteiger partial charge in [0.15, 0.2) is 0 Å². The van der Waals surface area contributed by atoms with E-state index in [1.54, 1.807) is 4.90 Å². The molecule has 2 aromatic carbocycles. The van der Waals surface area contributed by atoms with Crippen molar-refractivity contribution in [3.05, 3.63) is 59.2 Å². The Hall–Kier alpha value is -2.82. The van der Waals surface area contributed by atoms with Gasteiger partial charge in [-0.05, 0) is 31.5 Å². The third-order valence-corrected chi connectivity index (χ3v) is 4.24. The van der Waals surface area contributed by atoms with Crippen LogP contribution in [0.3, 0.4) is 0 Å². The van der Waals surface area contributed by atoms with Crippen LogP contribution in [-0.4, -0.2) is 25.0 Å². The normalized spacial score (nSPS) is 15.9. The van der Waals surface area contributed by atoms with Crippen molar-refractivity contribution in [2.24, 2.45) is 0 Å². The molecule has 5 nitrogen and oxygen atoms in total. The standard InChI is InChI=1S/C20H22N2O3/c1-13-11-14(2)19-17(12-13)18(21-15(3)23)20(24)22(19)9-10-25-16-7-5-4-6-8-16/h4-8,11-12,18H,9-10H2,1-3H3,(H,21,23)/t18-/m1/s1. The van der Waals surface area contributed by atoms with Crippen molar-refractivity contribution in [2.75, 3.05) is 18.1 Å². The Balaban J connectivity index is 1.82. The molecule has 2 amide bonds. The molecular formula is C20H22N2O3. The summed E-state index contributed by atoms with van der Waals surface area (Å²) in [6, 6.07) is 12.9. The molecule has 0 unspecified atom stereocenters. The summed E-state index contributed by atoms with van der Waals surface area (Å²) >= 11 is 0. The third kappa shape index (κ3) is 3.50. The highest BCUT2D eigenvalue weighted by atomic mass is 16.5. The van der Waals surface area contributed by atoms with Crippen LogP contribution in [0, 0.1) is 13.8 Å². The molecule has 0 bridgehead atoms. The lowest BCUT2D eigenvalue weighted by atomic mass is 10.0. The largest absolute Gasteiger partial charge is 0.492 e. The van der Waals surface area contributed by atoms with Crippen molar-refractivity contribution in [3.63, 3.8) is 0 Å². The number of hydrogen-bond donors (Lipinski definition) is 1. The molecule has 25 heavy (non-hydrogen) atoms. The van der Waals surface area contributed by atoms with Crippen LogP contribution >= 0.6 is 0 Å². The number of nitrogens with zero attached hydrogens (tertiary/aromatic N) is 1. The minimum atomic E-state index is -0.622. The maximum absolute atomic E-state index is 12.9. The zero-order valence-electron chi connectivity index (χ0n) is 14.7. The molecular weight excluding hydrogens is 316 g/mol. The fraction of sp³-hybridized carbons (Fsp3) is 0.300. The monoisotopic (exact) mass is 338 g/mol. The first-order chi connectivity index (χ1) is 12.0. The van der Waals surface area contributed by atoms with E-state index in [4.69, 9.17) is 4.74 Å². The average molecular weight is 338 g/mol. The molecule has 0 spiro atoms. The Morgan fingerprint density at radius 1 is 1.20 bits per heavy atom. The first kappa shape index (κ1) is 17.0. The van der Waals surface area contributed by atoms with Gasteiger partial charge in [-0.25, -0.2) is 0 Å². The number of anilines is 1. The molecule has 2 aromatic rings. The molecule has 1 aliphatic heterocycles. The summed E-state index contributed by atoms with van der Waals surface area (Å²) < 4.78 is 5.73. The number of aryl methyl sites for hydroxylation is 2. The summed E-state index contributed by atoms with van der Waals surface area (Å²) in [5.74, 6) is 0.440. The van der Waals surface area contributed by atoms with Crippen molar-refractivity contribution in [1.29, 1.82) is 0 Å². The lowest BCUT2D eigenvalue weighted by molar-refractivity contribution is -0.126. The molecule has 0 aliphatic carbocycles. The Bertz CT molecular complexity index is 802. The number of benzene rings is 2. The minimum Gasteiger partial charge on any atom is -0.492 e. The number of fused-ring (bicyclic) bond motifs is 1.